The molecule has 162 valence electrons. The molecule has 1 heterocycles. The van der Waals surface area contributed by atoms with Gasteiger partial charge in [0.15, 0.2) is 0 Å². The number of nitrogens with zero attached hydrogens (tertiary/aromatic N) is 1. The molecule has 1 heteroatoms. The highest BCUT2D eigenvalue weighted by molar-refractivity contribution is 5.87. The molecule has 0 fully saturated rings. The van der Waals surface area contributed by atoms with Crippen LogP contribution in [0.1, 0.15) is 52.7 Å². The summed E-state index contributed by atoms with van der Waals surface area (Å²) in [5.41, 5.74) is 9.99. The van der Waals surface area contributed by atoms with Gasteiger partial charge in [0.2, 0.25) is 0 Å². The summed E-state index contributed by atoms with van der Waals surface area (Å²) in [6, 6.07) is 30.6. The number of hydrogen-bond acceptors (Lipinski definition) is 1. The van der Waals surface area contributed by atoms with Crippen LogP contribution < -0.4 is 0 Å². The molecule has 0 unspecified atom stereocenters. The lowest BCUT2D eigenvalue weighted by Gasteiger charge is -2.27. The Labute approximate surface area is 193 Å². The molecule has 0 aliphatic heterocycles. The zero-order valence-corrected chi connectivity index (χ0v) is 20.1. The smallest absolute Gasteiger partial charge is 0.0702 e. The first-order valence-electron chi connectivity index (χ1n) is 11.4. The van der Waals surface area contributed by atoms with Gasteiger partial charge in [-0.25, -0.2) is 0 Å². The quantitative estimate of drug-likeness (QED) is 0.324. The second-order valence-electron chi connectivity index (χ2n) is 10.6. The summed E-state index contributed by atoms with van der Waals surface area (Å²) in [7, 11) is 0. The number of benzene rings is 3. The predicted molar refractivity (Wildman–Crippen MR) is 138 cm³/mol. The number of pyridine rings is 1. The first kappa shape index (κ1) is 22.0. The molecule has 0 radical (unpaired) electrons. The van der Waals surface area contributed by atoms with E-state index in [1.165, 1.54) is 33.4 Å². The van der Waals surface area contributed by atoms with Crippen LogP contribution in [0.3, 0.4) is 0 Å². The maximum atomic E-state index is 4.60. The van der Waals surface area contributed by atoms with E-state index in [1.807, 2.05) is 18.3 Å². The Bertz CT molecular complexity index is 1170. The van der Waals surface area contributed by atoms with Gasteiger partial charge >= 0.3 is 0 Å². The fourth-order valence-corrected chi connectivity index (χ4v) is 3.99. The van der Waals surface area contributed by atoms with Gasteiger partial charge in [-0.1, -0.05) is 108 Å². The highest BCUT2D eigenvalue weighted by Gasteiger charge is 2.22. The summed E-state index contributed by atoms with van der Waals surface area (Å²) in [4.78, 5) is 4.60. The van der Waals surface area contributed by atoms with Crippen molar-refractivity contribution in [2.24, 2.45) is 0 Å². The van der Waals surface area contributed by atoms with Crippen molar-refractivity contribution in [1.29, 1.82) is 0 Å². The monoisotopic (exact) mass is 419 g/mol. The Morgan fingerprint density at radius 2 is 1.12 bits per heavy atom. The summed E-state index contributed by atoms with van der Waals surface area (Å²) in [6.45, 7) is 13.8. The highest BCUT2D eigenvalue weighted by atomic mass is 14.7. The van der Waals surface area contributed by atoms with Crippen molar-refractivity contribution < 1.29 is 0 Å². The van der Waals surface area contributed by atoms with Gasteiger partial charge in [0, 0.05) is 11.8 Å². The van der Waals surface area contributed by atoms with E-state index in [1.54, 1.807) is 0 Å². The second-order valence-corrected chi connectivity index (χ2v) is 10.6. The fraction of sp³-hybridized carbons (Fsp3) is 0.258. The van der Waals surface area contributed by atoms with E-state index in [9.17, 15) is 0 Å². The first-order valence-corrected chi connectivity index (χ1v) is 11.4. The lowest BCUT2D eigenvalue weighted by Crippen LogP contribution is -2.16. The minimum Gasteiger partial charge on any atom is -0.256 e. The maximum absolute atomic E-state index is 4.60. The third-order valence-corrected chi connectivity index (χ3v) is 6.04. The standard InChI is InChI=1S/C31H33N/c1-30(2,3)25-18-24(19-26(21-25)31(4,5)6)28-20-23(29-14-10-11-17-32-29)15-16-27(28)22-12-8-7-9-13-22/h7-21H,1-6H3. The summed E-state index contributed by atoms with van der Waals surface area (Å²) < 4.78 is 0. The van der Waals surface area contributed by atoms with Crippen molar-refractivity contribution in [3.8, 4) is 33.5 Å². The third-order valence-electron chi connectivity index (χ3n) is 6.04. The molecule has 0 aliphatic rings. The number of aromatic nitrogens is 1. The van der Waals surface area contributed by atoms with Crippen molar-refractivity contribution in [3.05, 3.63) is 102 Å². The molecule has 0 aliphatic carbocycles. The first-order chi connectivity index (χ1) is 15.1. The molecule has 3 aromatic carbocycles. The van der Waals surface area contributed by atoms with Gasteiger partial charge in [0.05, 0.1) is 5.69 Å². The molecule has 0 amide bonds. The Morgan fingerprint density at radius 1 is 0.500 bits per heavy atom. The van der Waals surface area contributed by atoms with Crippen LogP contribution in [0.25, 0.3) is 33.5 Å². The average Bonchev–Trinajstić information content (AvgIpc) is 2.78. The lowest BCUT2D eigenvalue weighted by molar-refractivity contribution is 0.569. The van der Waals surface area contributed by atoms with Crippen molar-refractivity contribution in [2.45, 2.75) is 52.4 Å². The van der Waals surface area contributed by atoms with Crippen LogP contribution >= 0.6 is 0 Å². The Hall–Kier alpha value is -3.19. The van der Waals surface area contributed by atoms with Gasteiger partial charge < -0.3 is 0 Å². The SMILES string of the molecule is CC(C)(C)c1cc(-c2cc(-c3ccccn3)ccc2-c2ccccc2)cc(C(C)(C)C)c1. The topological polar surface area (TPSA) is 12.9 Å². The molecule has 32 heavy (non-hydrogen) atoms. The highest BCUT2D eigenvalue weighted by Crippen LogP contribution is 2.39. The summed E-state index contributed by atoms with van der Waals surface area (Å²) in [5.74, 6) is 0. The summed E-state index contributed by atoms with van der Waals surface area (Å²) in [6.07, 6.45) is 1.86. The molecule has 0 saturated heterocycles. The molecule has 4 aromatic rings. The molecule has 1 nitrogen and oxygen atoms in total. The minimum absolute atomic E-state index is 0.0709. The molecular weight excluding hydrogens is 386 g/mol. The van der Waals surface area contributed by atoms with Crippen LogP contribution in [0.15, 0.2) is 91.1 Å². The van der Waals surface area contributed by atoms with Crippen molar-refractivity contribution in [2.75, 3.05) is 0 Å². The van der Waals surface area contributed by atoms with Gasteiger partial charge in [0.25, 0.3) is 0 Å². The van der Waals surface area contributed by atoms with Crippen LogP contribution in [0.5, 0.6) is 0 Å². The minimum atomic E-state index is 0.0709. The van der Waals surface area contributed by atoms with Crippen LogP contribution in [0.4, 0.5) is 0 Å². The second kappa shape index (κ2) is 8.39. The lowest BCUT2D eigenvalue weighted by atomic mass is 9.78. The normalized spacial score (nSPS) is 12.1. The Morgan fingerprint density at radius 3 is 1.69 bits per heavy atom. The number of rotatable bonds is 3. The van der Waals surface area contributed by atoms with E-state index in [2.05, 4.69) is 119 Å². The van der Waals surface area contributed by atoms with Gasteiger partial charge in [-0.2, -0.15) is 0 Å². The number of hydrogen-bond donors (Lipinski definition) is 0. The molecule has 0 atom stereocenters. The zero-order valence-electron chi connectivity index (χ0n) is 20.1. The maximum Gasteiger partial charge on any atom is 0.0702 e. The van der Waals surface area contributed by atoms with Crippen molar-refractivity contribution in [3.63, 3.8) is 0 Å². The summed E-state index contributed by atoms with van der Waals surface area (Å²) >= 11 is 0. The van der Waals surface area contributed by atoms with Gasteiger partial charge in [-0.05, 0) is 62.4 Å². The van der Waals surface area contributed by atoms with Gasteiger partial charge in [-0.15, -0.1) is 0 Å². The van der Waals surface area contributed by atoms with E-state index >= 15 is 0 Å². The summed E-state index contributed by atoms with van der Waals surface area (Å²) in [5, 5.41) is 0. The molecular formula is C31H33N. The van der Waals surface area contributed by atoms with Crippen LogP contribution in [0.2, 0.25) is 0 Å². The van der Waals surface area contributed by atoms with Crippen LogP contribution in [-0.2, 0) is 10.8 Å². The molecule has 0 spiro atoms. The van der Waals surface area contributed by atoms with E-state index in [4.69, 9.17) is 0 Å². The fourth-order valence-electron chi connectivity index (χ4n) is 3.99. The van der Waals surface area contributed by atoms with Crippen molar-refractivity contribution >= 4 is 0 Å². The molecule has 0 saturated carbocycles. The van der Waals surface area contributed by atoms with E-state index in [0.717, 1.165) is 11.3 Å². The van der Waals surface area contributed by atoms with E-state index in [-0.39, 0.29) is 10.8 Å². The molecule has 1 aromatic heterocycles. The van der Waals surface area contributed by atoms with E-state index < -0.39 is 0 Å². The van der Waals surface area contributed by atoms with Gasteiger partial charge in [0.1, 0.15) is 0 Å². The zero-order chi connectivity index (χ0) is 22.9. The molecule has 4 rings (SSSR count). The molecule has 0 bridgehead atoms. The largest absolute Gasteiger partial charge is 0.256 e. The van der Waals surface area contributed by atoms with Crippen molar-refractivity contribution in [1.82, 2.24) is 4.98 Å². The van der Waals surface area contributed by atoms with E-state index in [0.29, 0.717) is 0 Å². The molecule has 0 N–H and O–H groups in total. The van der Waals surface area contributed by atoms with Crippen LogP contribution in [-0.4, -0.2) is 4.98 Å². The Balaban J connectivity index is 2.01. The predicted octanol–water partition coefficient (Wildman–Crippen LogP) is 8.68. The van der Waals surface area contributed by atoms with Gasteiger partial charge in [-0.3, -0.25) is 4.98 Å². The van der Waals surface area contributed by atoms with Crippen LogP contribution in [0, 0.1) is 0 Å². The Kier molecular flexibility index (Phi) is 5.77. The third kappa shape index (κ3) is 4.67. The average molecular weight is 420 g/mol.